The van der Waals surface area contributed by atoms with Crippen molar-refractivity contribution in [2.45, 2.75) is 0 Å². The van der Waals surface area contributed by atoms with E-state index in [1.807, 2.05) is 0 Å². The number of benzene rings is 6. The van der Waals surface area contributed by atoms with Crippen molar-refractivity contribution in [1.82, 2.24) is 4.57 Å². The molecule has 0 atom stereocenters. The molecule has 0 saturated carbocycles. The lowest BCUT2D eigenvalue weighted by Crippen LogP contribution is -2.23. The minimum atomic E-state index is 1.08. The fourth-order valence-corrected chi connectivity index (χ4v) is 6.31. The topological polar surface area (TPSA) is 11.4 Å². The van der Waals surface area contributed by atoms with Gasteiger partial charge in [0, 0.05) is 32.3 Å². The molecule has 7 aromatic rings. The van der Waals surface area contributed by atoms with Crippen LogP contribution in [0.5, 0.6) is 0 Å². The molecule has 1 aromatic heterocycles. The largest absolute Gasteiger partial charge is 0.309 e. The van der Waals surface area contributed by atoms with Crippen molar-refractivity contribution in [1.29, 1.82) is 0 Å². The van der Waals surface area contributed by atoms with Crippen LogP contribution in [0.2, 0.25) is 0 Å². The summed E-state index contributed by atoms with van der Waals surface area (Å²) in [6.45, 7) is 0. The van der Waals surface area contributed by atoms with Crippen LogP contribution < -0.4 is 9.80 Å². The maximum atomic E-state index is 3.59. The SMILES string of the molecule is Brc1ccc(-n2c3ccccc3c3cc(N4c5ccccc5N(c5ccccc5)c5ccccc54)ccc32)cc1. The van der Waals surface area contributed by atoms with E-state index in [0.29, 0.717) is 0 Å². The number of halogens is 1. The quantitative estimate of drug-likeness (QED) is 0.207. The van der Waals surface area contributed by atoms with E-state index in [0.717, 1.165) is 44.3 Å². The Hall–Kier alpha value is -4.80. The number of nitrogens with zero attached hydrogens (tertiary/aromatic N) is 3. The summed E-state index contributed by atoms with van der Waals surface area (Å²) in [4.78, 5) is 4.76. The van der Waals surface area contributed by atoms with Gasteiger partial charge in [0.15, 0.2) is 0 Å². The highest BCUT2D eigenvalue weighted by molar-refractivity contribution is 9.10. The van der Waals surface area contributed by atoms with Gasteiger partial charge in [-0.15, -0.1) is 0 Å². The zero-order valence-corrected chi connectivity index (χ0v) is 23.2. The minimum Gasteiger partial charge on any atom is -0.309 e. The molecule has 0 bridgehead atoms. The Morgan fingerprint density at radius 2 is 0.875 bits per heavy atom. The van der Waals surface area contributed by atoms with Gasteiger partial charge in [-0.05, 0) is 84.9 Å². The number of aromatic nitrogens is 1. The molecular formula is C36H24BrN3. The third-order valence-electron chi connectivity index (χ3n) is 7.74. The minimum absolute atomic E-state index is 1.08. The van der Waals surface area contributed by atoms with Crippen molar-refractivity contribution >= 4 is 71.9 Å². The first-order valence-electron chi connectivity index (χ1n) is 13.4. The molecule has 40 heavy (non-hydrogen) atoms. The number of fused-ring (bicyclic) bond motifs is 5. The maximum Gasteiger partial charge on any atom is 0.0703 e. The molecule has 8 rings (SSSR count). The van der Waals surface area contributed by atoms with E-state index in [1.54, 1.807) is 0 Å². The average Bonchev–Trinajstić information content (AvgIpc) is 3.34. The first-order chi connectivity index (χ1) is 19.8. The van der Waals surface area contributed by atoms with Crippen molar-refractivity contribution in [3.05, 3.63) is 150 Å². The highest BCUT2D eigenvalue weighted by Crippen LogP contribution is 2.54. The van der Waals surface area contributed by atoms with Gasteiger partial charge in [-0.25, -0.2) is 0 Å². The fourth-order valence-electron chi connectivity index (χ4n) is 6.05. The van der Waals surface area contributed by atoms with Crippen molar-refractivity contribution in [3.63, 3.8) is 0 Å². The van der Waals surface area contributed by atoms with E-state index in [9.17, 15) is 0 Å². The molecule has 0 radical (unpaired) electrons. The van der Waals surface area contributed by atoms with E-state index in [1.165, 1.54) is 21.8 Å². The van der Waals surface area contributed by atoms with E-state index in [4.69, 9.17) is 0 Å². The summed E-state index contributed by atoms with van der Waals surface area (Å²) in [5.41, 5.74) is 10.4. The predicted molar refractivity (Wildman–Crippen MR) is 171 cm³/mol. The summed E-state index contributed by atoms with van der Waals surface area (Å²) in [6, 6.07) is 52.0. The molecule has 1 aliphatic rings. The van der Waals surface area contributed by atoms with Crippen LogP contribution >= 0.6 is 15.9 Å². The third kappa shape index (κ3) is 3.50. The van der Waals surface area contributed by atoms with Crippen LogP contribution in [-0.4, -0.2) is 4.57 Å². The Kier molecular flexibility index (Phi) is 5.29. The number of rotatable bonds is 3. The summed E-state index contributed by atoms with van der Waals surface area (Å²) in [6.07, 6.45) is 0. The number of para-hydroxylation sites is 6. The molecule has 190 valence electrons. The Morgan fingerprint density at radius 3 is 1.52 bits per heavy atom. The molecule has 0 N–H and O–H groups in total. The van der Waals surface area contributed by atoms with Crippen LogP contribution in [0.25, 0.3) is 27.5 Å². The molecule has 0 amide bonds. The van der Waals surface area contributed by atoms with Crippen molar-refractivity contribution in [3.8, 4) is 5.69 Å². The number of anilines is 6. The van der Waals surface area contributed by atoms with Gasteiger partial charge in [-0.1, -0.05) is 76.6 Å². The molecular weight excluding hydrogens is 554 g/mol. The van der Waals surface area contributed by atoms with Gasteiger partial charge in [0.25, 0.3) is 0 Å². The van der Waals surface area contributed by atoms with Crippen LogP contribution in [0, 0.1) is 0 Å². The lowest BCUT2D eigenvalue weighted by molar-refractivity contribution is 1.16. The van der Waals surface area contributed by atoms with E-state index in [2.05, 4.69) is 176 Å². The van der Waals surface area contributed by atoms with Crippen LogP contribution in [0.1, 0.15) is 0 Å². The van der Waals surface area contributed by atoms with Crippen LogP contribution in [0.15, 0.2) is 150 Å². The molecule has 0 fully saturated rings. The van der Waals surface area contributed by atoms with Gasteiger partial charge in [0.1, 0.15) is 0 Å². The Bertz CT molecular complexity index is 1980. The van der Waals surface area contributed by atoms with Gasteiger partial charge >= 0.3 is 0 Å². The van der Waals surface area contributed by atoms with E-state index < -0.39 is 0 Å². The third-order valence-corrected chi connectivity index (χ3v) is 8.27. The summed E-state index contributed by atoms with van der Waals surface area (Å²) in [7, 11) is 0. The van der Waals surface area contributed by atoms with Gasteiger partial charge in [0.2, 0.25) is 0 Å². The predicted octanol–water partition coefficient (Wildman–Crippen LogP) is 10.8. The number of hydrogen-bond donors (Lipinski definition) is 0. The lowest BCUT2D eigenvalue weighted by Gasteiger charge is -2.40. The zero-order chi connectivity index (χ0) is 26.6. The second-order valence-corrected chi connectivity index (χ2v) is 10.9. The standard InChI is InChI=1S/C36H24BrN3/c37-25-18-20-27(21-19-25)38-31-13-5-4-12-29(31)30-24-28(22-23-32(30)38)40-35-16-8-6-14-33(35)39(26-10-2-1-3-11-26)34-15-7-9-17-36(34)40/h1-24H. The molecule has 0 saturated heterocycles. The van der Waals surface area contributed by atoms with Crippen molar-refractivity contribution < 1.29 is 0 Å². The first kappa shape index (κ1) is 23.1. The molecule has 1 aliphatic heterocycles. The summed E-state index contributed by atoms with van der Waals surface area (Å²) < 4.78 is 3.43. The molecule has 4 heteroatoms. The van der Waals surface area contributed by atoms with Crippen LogP contribution in [0.3, 0.4) is 0 Å². The maximum absolute atomic E-state index is 3.59. The second-order valence-electron chi connectivity index (χ2n) is 10.0. The molecule has 3 nitrogen and oxygen atoms in total. The number of hydrogen-bond acceptors (Lipinski definition) is 2. The van der Waals surface area contributed by atoms with Gasteiger partial charge in [-0.2, -0.15) is 0 Å². The van der Waals surface area contributed by atoms with E-state index >= 15 is 0 Å². The van der Waals surface area contributed by atoms with Gasteiger partial charge in [0.05, 0.1) is 33.8 Å². The molecule has 0 aliphatic carbocycles. The Morgan fingerprint density at radius 1 is 0.375 bits per heavy atom. The monoisotopic (exact) mass is 577 g/mol. The molecule has 2 heterocycles. The Labute approximate surface area is 241 Å². The summed E-state index contributed by atoms with van der Waals surface area (Å²) in [5, 5.41) is 2.48. The summed E-state index contributed by atoms with van der Waals surface area (Å²) >= 11 is 3.59. The molecule has 0 spiro atoms. The highest BCUT2D eigenvalue weighted by Gasteiger charge is 2.30. The second kappa shape index (κ2) is 9.15. The van der Waals surface area contributed by atoms with E-state index in [-0.39, 0.29) is 0 Å². The summed E-state index contributed by atoms with van der Waals surface area (Å²) in [5.74, 6) is 0. The molecule has 6 aromatic carbocycles. The van der Waals surface area contributed by atoms with Gasteiger partial charge in [-0.3, -0.25) is 0 Å². The zero-order valence-electron chi connectivity index (χ0n) is 21.6. The van der Waals surface area contributed by atoms with Crippen molar-refractivity contribution in [2.75, 3.05) is 9.80 Å². The van der Waals surface area contributed by atoms with Crippen molar-refractivity contribution in [2.24, 2.45) is 0 Å². The van der Waals surface area contributed by atoms with Gasteiger partial charge < -0.3 is 14.4 Å². The van der Waals surface area contributed by atoms with Crippen LogP contribution in [-0.2, 0) is 0 Å². The average molecular weight is 579 g/mol. The Balaban J connectivity index is 1.37. The fraction of sp³-hybridized carbons (Fsp3) is 0. The first-order valence-corrected chi connectivity index (χ1v) is 14.2. The normalized spacial score (nSPS) is 12.5. The smallest absolute Gasteiger partial charge is 0.0703 e. The molecule has 0 unspecified atom stereocenters. The lowest BCUT2D eigenvalue weighted by atomic mass is 10.0. The van der Waals surface area contributed by atoms with Crippen LogP contribution in [0.4, 0.5) is 34.1 Å². The highest BCUT2D eigenvalue weighted by atomic mass is 79.9.